The molecule has 0 N–H and O–H groups in total. The van der Waals surface area contributed by atoms with E-state index in [4.69, 9.17) is 0 Å². The first-order chi connectivity index (χ1) is 16.1. The van der Waals surface area contributed by atoms with Gasteiger partial charge in [-0.1, -0.05) is 135 Å². The molecule has 1 aromatic rings. The molecule has 0 aliphatic heterocycles. The lowest BCUT2D eigenvalue weighted by molar-refractivity contribution is 0.207. The molecular formula is C33H54. The van der Waals surface area contributed by atoms with Crippen molar-refractivity contribution >= 4 is 0 Å². The molecule has 0 radical (unpaired) electrons. The summed E-state index contributed by atoms with van der Waals surface area (Å²) in [6.07, 6.45) is 25.2. The molecule has 1 atom stereocenters. The zero-order valence-electron chi connectivity index (χ0n) is 22.4. The van der Waals surface area contributed by atoms with Crippen LogP contribution in [-0.2, 0) is 0 Å². The lowest BCUT2D eigenvalue weighted by atomic mass is 9.73. The lowest BCUT2D eigenvalue weighted by Crippen LogP contribution is -2.19. The van der Waals surface area contributed by atoms with E-state index < -0.39 is 0 Å². The van der Waals surface area contributed by atoms with Crippen LogP contribution in [0.3, 0.4) is 0 Å². The lowest BCUT2D eigenvalue weighted by Gasteiger charge is -2.33. The van der Waals surface area contributed by atoms with Crippen molar-refractivity contribution in [1.29, 1.82) is 0 Å². The van der Waals surface area contributed by atoms with E-state index in [-0.39, 0.29) is 0 Å². The number of rotatable bonds is 9. The molecule has 1 aromatic carbocycles. The molecule has 0 aromatic heterocycles. The van der Waals surface area contributed by atoms with E-state index in [0.717, 1.165) is 41.4 Å². The SMILES string of the molecule is CCCC1CCC(CCC2CCC(C[C@@H](C)c3ccc(C4CCC(C)CC4)cc3)CC2)CC1. The molecule has 0 amide bonds. The Hall–Kier alpha value is -0.780. The Bertz CT molecular complexity index is 648. The normalized spacial score (nSPS) is 34.2. The largest absolute Gasteiger partial charge is 0.0654 e. The summed E-state index contributed by atoms with van der Waals surface area (Å²) < 4.78 is 0. The fourth-order valence-electron chi connectivity index (χ4n) is 7.77. The topological polar surface area (TPSA) is 0 Å². The fraction of sp³-hybridized carbons (Fsp3) is 0.818. The van der Waals surface area contributed by atoms with Crippen molar-refractivity contribution in [3.8, 4) is 0 Å². The van der Waals surface area contributed by atoms with E-state index in [1.807, 2.05) is 0 Å². The Morgan fingerprint density at radius 3 is 1.64 bits per heavy atom. The quantitative estimate of drug-likeness (QED) is 0.351. The predicted molar refractivity (Wildman–Crippen MR) is 145 cm³/mol. The molecule has 3 aliphatic rings. The Labute approximate surface area is 206 Å². The maximum absolute atomic E-state index is 2.48. The Morgan fingerprint density at radius 1 is 0.636 bits per heavy atom. The molecule has 4 rings (SSSR count). The minimum atomic E-state index is 0.727. The number of hydrogen-bond donors (Lipinski definition) is 0. The Balaban J connectivity index is 1.13. The van der Waals surface area contributed by atoms with Gasteiger partial charge in [0.2, 0.25) is 0 Å². The van der Waals surface area contributed by atoms with Crippen molar-refractivity contribution in [3.63, 3.8) is 0 Å². The first-order valence-corrected chi connectivity index (χ1v) is 15.2. The van der Waals surface area contributed by atoms with E-state index in [2.05, 4.69) is 45.0 Å². The molecule has 3 fully saturated rings. The van der Waals surface area contributed by atoms with Crippen molar-refractivity contribution in [1.82, 2.24) is 0 Å². The summed E-state index contributed by atoms with van der Waals surface area (Å²) >= 11 is 0. The predicted octanol–water partition coefficient (Wildman–Crippen LogP) is 10.7. The van der Waals surface area contributed by atoms with E-state index in [1.54, 1.807) is 11.1 Å². The highest BCUT2D eigenvalue weighted by atomic mass is 14.3. The molecule has 0 heteroatoms. The molecule has 0 heterocycles. The minimum absolute atomic E-state index is 0.727. The van der Waals surface area contributed by atoms with Gasteiger partial charge in [0.1, 0.15) is 0 Å². The Morgan fingerprint density at radius 2 is 1.12 bits per heavy atom. The van der Waals surface area contributed by atoms with Crippen molar-refractivity contribution in [2.45, 2.75) is 142 Å². The van der Waals surface area contributed by atoms with Crippen molar-refractivity contribution in [2.75, 3.05) is 0 Å². The van der Waals surface area contributed by atoms with Gasteiger partial charge in [-0.25, -0.2) is 0 Å². The molecule has 33 heavy (non-hydrogen) atoms. The smallest absolute Gasteiger partial charge is 0.0162 e. The highest BCUT2D eigenvalue weighted by molar-refractivity contribution is 5.28. The highest BCUT2D eigenvalue weighted by Gasteiger charge is 2.26. The molecule has 3 aliphatic carbocycles. The average Bonchev–Trinajstić information content (AvgIpc) is 2.85. The maximum atomic E-state index is 2.48. The summed E-state index contributed by atoms with van der Waals surface area (Å²) in [5.41, 5.74) is 3.20. The van der Waals surface area contributed by atoms with Gasteiger partial charge in [0.15, 0.2) is 0 Å². The van der Waals surface area contributed by atoms with Crippen LogP contribution in [0.2, 0.25) is 0 Å². The second-order valence-corrected chi connectivity index (χ2v) is 12.9. The third kappa shape index (κ3) is 7.60. The molecular weight excluding hydrogens is 396 g/mol. The standard InChI is InChI=1S/C33H54/c1-4-5-27-8-10-28(11-9-27)12-13-29-14-16-30(17-15-29)24-26(3)31-20-22-33(23-21-31)32-18-6-25(2)7-19-32/h20-23,25-30,32H,4-19,24H2,1-3H3/t25?,26-,27?,28?,29?,30?,32?/m1/s1. The van der Waals surface area contributed by atoms with Gasteiger partial charge < -0.3 is 0 Å². The summed E-state index contributed by atoms with van der Waals surface area (Å²) in [7, 11) is 0. The van der Waals surface area contributed by atoms with Crippen LogP contribution in [0.1, 0.15) is 153 Å². The average molecular weight is 451 g/mol. The van der Waals surface area contributed by atoms with Crippen molar-refractivity contribution in [2.24, 2.45) is 29.6 Å². The second-order valence-electron chi connectivity index (χ2n) is 12.9. The van der Waals surface area contributed by atoms with Crippen LogP contribution < -0.4 is 0 Å². The van der Waals surface area contributed by atoms with Gasteiger partial charge in [-0.2, -0.15) is 0 Å². The third-order valence-corrected chi connectivity index (χ3v) is 10.3. The maximum Gasteiger partial charge on any atom is -0.0162 e. The summed E-state index contributed by atoms with van der Waals surface area (Å²) in [5.74, 6) is 6.65. The van der Waals surface area contributed by atoms with Crippen LogP contribution in [0.25, 0.3) is 0 Å². The van der Waals surface area contributed by atoms with Crippen LogP contribution in [0.4, 0.5) is 0 Å². The molecule has 0 spiro atoms. The second kappa shape index (κ2) is 12.8. The summed E-state index contributed by atoms with van der Waals surface area (Å²) in [4.78, 5) is 0. The van der Waals surface area contributed by atoms with Crippen molar-refractivity contribution < 1.29 is 0 Å². The number of benzene rings is 1. The molecule has 0 bridgehead atoms. The first kappa shape index (κ1) is 25.3. The third-order valence-electron chi connectivity index (χ3n) is 10.3. The van der Waals surface area contributed by atoms with E-state index >= 15 is 0 Å². The number of hydrogen-bond acceptors (Lipinski definition) is 0. The van der Waals surface area contributed by atoms with Gasteiger partial charge in [-0.05, 0) is 71.8 Å². The van der Waals surface area contributed by atoms with Crippen LogP contribution in [0.5, 0.6) is 0 Å². The minimum Gasteiger partial charge on any atom is -0.0654 e. The summed E-state index contributed by atoms with van der Waals surface area (Å²) in [6, 6.07) is 9.88. The van der Waals surface area contributed by atoms with Gasteiger partial charge in [-0.3, -0.25) is 0 Å². The van der Waals surface area contributed by atoms with Crippen molar-refractivity contribution in [3.05, 3.63) is 35.4 Å². The van der Waals surface area contributed by atoms with Gasteiger partial charge in [0.05, 0.1) is 0 Å². The van der Waals surface area contributed by atoms with Crippen LogP contribution in [-0.4, -0.2) is 0 Å². The zero-order chi connectivity index (χ0) is 23.0. The molecule has 0 saturated heterocycles. The van der Waals surface area contributed by atoms with E-state index in [0.29, 0.717) is 0 Å². The first-order valence-electron chi connectivity index (χ1n) is 15.2. The monoisotopic (exact) mass is 450 g/mol. The van der Waals surface area contributed by atoms with Gasteiger partial charge in [-0.15, -0.1) is 0 Å². The van der Waals surface area contributed by atoms with Crippen LogP contribution in [0, 0.1) is 29.6 Å². The van der Waals surface area contributed by atoms with Gasteiger partial charge in [0, 0.05) is 0 Å². The van der Waals surface area contributed by atoms with Gasteiger partial charge in [0.25, 0.3) is 0 Å². The molecule has 186 valence electrons. The Kier molecular flexibility index (Phi) is 9.81. The van der Waals surface area contributed by atoms with Crippen LogP contribution >= 0.6 is 0 Å². The van der Waals surface area contributed by atoms with E-state index in [1.165, 1.54) is 109 Å². The zero-order valence-corrected chi connectivity index (χ0v) is 22.4. The summed E-state index contributed by atoms with van der Waals surface area (Å²) in [5, 5.41) is 0. The molecule has 3 saturated carbocycles. The van der Waals surface area contributed by atoms with Gasteiger partial charge >= 0.3 is 0 Å². The fourth-order valence-corrected chi connectivity index (χ4v) is 7.77. The summed E-state index contributed by atoms with van der Waals surface area (Å²) in [6.45, 7) is 7.27. The van der Waals surface area contributed by atoms with Crippen LogP contribution in [0.15, 0.2) is 24.3 Å². The molecule has 0 unspecified atom stereocenters. The highest BCUT2D eigenvalue weighted by Crippen LogP contribution is 2.40. The molecule has 0 nitrogen and oxygen atoms in total. The van der Waals surface area contributed by atoms with E-state index in [9.17, 15) is 0 Å².